The second kappa shape index (κ2) is 8.70. The molecule has 1 aliphatic rings. The van der Waals surface area contributed by atoms with Crippen LogP contribution in [0, 0.1) is 5.92 Å². The van der Waals surface area contributed by atoms with Crippen LogP contribution in [0.25, 0.3) is 22.0 Å². The minimum Gasteiger partial charge on any atom is -0.381 e. The number of benzene rings is 3. The van der Waals surface area contributed by atoms with Crippen LogP contribution in [0.5, 0.6) is 0 Å². The molecule has 1 aromatic heterocycles. The van der Waals surface area contributed by atoms with Crippen LogP contribution in [0.3, 0.4) is 0 Å². The van der Waals surface area contributed by atoms with Crippen molar-refractivity contribution < 1.29 is 9.53 Å². The Morgan fingerprint density at radius 1 is 0.903 bits per heavy atom. The zero-order chi connectivity index (χ0) is 21.0. The molecule has 0 bridgehead atoms. The number of nitrogens with zero attached hydrogens (tertiary/aromatic N) is 2. The fraction of sp³-hybridized carbons (Fsp3) is 0.185. The molecule has 1 saturated heterocycles. The average molecular weight is 409 g/mol. The van der Waals surface area contributed by atoms with E-state index in [9.17, 15) is 4.79 Å². The number of ether oxygens (including phenoxy) is 1. The smallest absolute Gasteiger partial charge is 0.260 e. The van der Waals surface area contributed by atoms with Crippen molar-refractivity contribution in [1.82, 2.24) is 4.98 Å². The van der Waals surface area contributed by atoms with E-state index in [1.165, 1.54) is 0 Å². The summed E-state index contributed by atoms with van der Waals surface area (Å²) in [5, 5.41) is 0.969. The van der Waals surface area contributed by atoms with Gasteiger partial charge < -0.3 is 9.64 Å². The second-order valence-corrected chi connectivity index (χ2v) is 7.94. The van der Waals surface area contributed by atoms with Crippen molar-refractivity contribution in [3.05, 3.63) is 96.7 Å². The largest absolute Gasteiger partial charge is 0.381 e. The number of pyridine rings is 1. The summed E-state index contributed by atoms with van der Waals surface area (Å²) in [6.07, 6.45) is 2.71. The molecular formula is C27H24N2O2. The Morgan fingerprint density at radius 2 is 1.68 bits per heavy atom. The maximum atomic E-state index is 13.7. The predicted molar refractivity (Wildman–Crippen MR) is 124 cm³/mol. The first kappa shape index (κ1) is 19.5. The molecule has 1 fully saturated rings. The van der Waals surface area contributed by atoms with E-state index in [-0.39, 0.29) is 5.91 Å². The van der Waals surface area contributed by atoms with Gasteiger partial charge in [0.25, 0.3) is 5.91 Å². The summed E-state index contributed by atoms with van der Waals surface area (Å²) in [7, 11) is 0. The van der Waals surface area contributed by atoms with Crippen LogP contribution in [0.1, 0.15) is 16.8 Å². The number of anilines is 1. The third kappa shape index (κ3) is 4.07. The molecule has 0 aliphatic carbocycles. The lowest BCUT2D eigenvalue weighted by molar-refractivity contribution is 0.0982. The molecule has 0 N–H and O–H groups in total. The van der Waals surface area contributed by atoms with Crippen molar-refractivity contribution >= 4 is 22.5 Å². The number of rotatable bonds is 5. The summed E-state index contributed by atoms with van der Waals surface area (Å²) in [6.45, 7) is 2.09. The van der Waals surface area contributed by atoms with Crippen LogP contribution in [-0.4, -0.2) is 30.6 Å². The molecule has 0 saturated carbocycles. The molecule has 1 atom stereocenters. The van der Waals surface area contributed by atoms with Crippen molar-refractivity contribution in [1.29, 1.82) is 0 Å². The van der Waals surface area contributed by atoms with Crippen molar-refractivity contribution in [2.24, 2.45) is 5.92 Å². The van der Waals surface area contributed by atoms with Crippen LogP contribution in [0.15, 0.2) is 91.1 Å². The molecule has 4 aromatic rings. The monoisotopic (exact) mass is 408 g/mol. The van der Waals surface area contributed by atoms with Crippen LogP contribution in [0.2, 0.25) is 0 Å². The van der Waals surface area contributed by atoms with Gasteiger partial charge in [0, 0.05) is 36.3 Å². The van der Waals surface area contributed by atoms with Crippen LogP contribution < -0.4 is 4.90 Å². The Labute approximate surface area is 182 Å². The number of hydrogen-bond donors (Lipinski definition) is 0. The first-order chi connectivity index (χ1) is 15.3. The summed E-state index contributed by atoms with van der Waals surface area (Å²) in [4.78, 5) is 20.1. The normalized spacial score (nSPS) is 15.8. The number of hydrogen-bond acceptors (Lipinski definition) is 3. The van der Waals surface area contributed by atoms with E-state index in [1.807, 2.05) is 65.6 Å². The Balaban J connectivity index is 1.51. The molecule has 0 spiro atoms. The zero-order valence-electron chi connectivity index (χ0n) is 17.3. The van der Waals surface area contributed by atoms with E-state index in [0.29, 0.717) is 24.6 Å². The van der Waals surface area contributed by atoms with Crippen molar-refractivity contribution in [2.45, 2.75) is 6.42 Å². The van der Waals surface area contributed by atoms with E-state index in [0.717, 1.165) is 40.7 Å². The highest BCUT2D eigenvalue weighted by atomic mass is 16.5. The Morgan fingerprint density at radius 3 is 2.45 bits per heavy atom. The van der Waals surface area contributed by atoms with Crippen molar-refractivity contribution in [3.63, 3.8) is 0 Å². The molecule has 4 heteroatoms. The maximum absolute atomic E-state index is 13.7. The van der Waals surface area contributed by atoms with Gasteiger partial charge in [-0.05, 0) is 41.8 Å². The summed E-state index contributed by atoms with van der Waals surface area (Å²) in [6, 6.07) is 28.2. The Kier molecular flexibility index (Phi) is 5.46. The maximum Gasteiger partial charge on any atom is 0.260 e. The highest BCUT2D eigenvalue weighted by Crippen LogP contribution is 2.27. The molecule has 2 heterocycles. The molecule has 31 heavy (non-hydrogen) atoms. The van der Waals surface area contributed by atoms with Crippen LogP contribution in [-0.2, 0) is 4.74 Å². The molecule has 4 nitrogen and oxygen atoms in total. The van der Waals surface area contributed by atoms with Gasteiger partial charge in [-0.25, -0.2) is 0 Å². The standard InChI is InChI=1S/C27H24N2O2/c30-27(25-10-4-8-23-9-5-16-28-26(23)25)29(18-20-15-17-31-19-20)24-13-11-22(12-14-24)21-6-2-1-3-7-21/h1-14,16,20H,15,17-19H2. The molecule has 154 valence electrons. The summed E-state index contributed by atoms with van der Waals surface area (Å²) >= 11 is 0. The fourth-order valence-electron chi connectivity index (χ4n) is 4.18. The van der Waals surface area contributed by atoms with E-state index < -0.39 is 0 Å². The van der Waals surface area contributed by atoms with Gasteiger partial charge >= 0.3 is 0 Å². The van der Waals surface area contributed by atoms with E-state index in [4.69, 9.17) is 4.74 Å². The van der Waals surface area contributed by atoms with Gasteiger partial charge in [-0.2, -0.15) is 0 Å². The summed E-state index contributed by atoms with van der Waals surface area (Å²) in [5.74, 6) is 0.310. The van der Waals surface area contributed by atoms with Crippen LogP contribution >= 0.6 is 0 Å². The highest BCUT2D eigenvalue weighted by Gasteiger charge is 2.26. The topological polar surface area (TPSA) is 42.4 Å². The summed E-state index contributed by atoms with van der Waals surface area (Å²) < 4.78 is 5.58. The van der Waals surface area contributed by atoms with E-state index >= 15 is 0 Å². The van der Waals surface area contributed by atoms with E-state index in [2.05, 4.69) is 29.2 Å². The van der Waals surface area contributed by atoms with Gasteiger partial charge in [0.1, 0.15) is 0 Å². The molecule has 1 aliphatic heterocycles. The highest BCUT2D eigenvalue weighted by molar-refractivity contribution is 6.13. The molecule has 5 rings (SSSR count). The first-order valence-corrected chi connectivity index (χ1v) is 10.7. The van der Waals surface area contributed by atoms with Crippen molar-refractivity contribution in [3.8, 4) is 11.1 Å². The van der Waals surface area contributed by atoms with Crippen molar-refractivity contribution in [2.75, 3.05) is 24.7 Å². The average Bonchev–Trinajstić information content (AvgIpc) is 3.36. The quantitative estimate of drug-likeness (QED) is 0.433. The molecule has 1 unspecified atom stereocenters. The predicted octanol–water partition coefficient (Wildman–Crippen LogP) is 5.59. The zero-order valence-corrected chi connectivity index (χ0v) is 17.3. The molecular weight excluding hydrogens is 384 g/mol. The molecule has 1 amide bonds. The lowest BCUT2D eigenvalue weighted by Crippen LogP contribution is -2.36. The number of para-hydroxylation sites is 1. The Hall–Kier alpha value is -3.50. The lowest BCUT2D eigenvalue weighted by Gasteiger charge is -2.26. The lowest BCUT2D eigenvalue weighted by atomic mass is 10.0. The van der Waals surface area contributed by atoms with Gasteiger partial charge in [-0.3, -0.25) is 9.78 Å². The molecule has 3 aromatic carbocycles. The SMILES string of the molecule is O=C(c1cccc2cccnc12)N(CC1CCOC1)c1ccc(-c2ccccc2)cc1. The minimum absolute atomic E-state index is 0.0244. The third-order valence-corrected chi connectivity index (χ3v) is 5.86. The number of carbonyl (C=O) groups is 1. The second-order valence-electron chi connectivity index (χ2n) is 7.94. The first-order valence-electron chi connectivity index (χ1n) is 10.7. The number of carbonyl (C=O) groups excluding carboxylic acids is 1. The van der Waals surface area contributed by atoms with Gasteiger partial charge in [-0.15, -0.1) is 0 Å². The van der Waals surface area contributed by atoms with E-state index in [1.54, 1.807) is 6.20 Å². The van der Waals surface area contributed by atoms with Gasteiger partial charge in [0.05, 0.1) is 17.7 Å². The molecule has 0 radical (unpaired) electrons. The number of fused-ring (bicyclic) bond motifs is 1. The van der Waals surface area contributed by atoms with Gasteiger partial charge in [0.2, 0.25) is 0 Å². The summed E-state index contributed by atoms with van der Waals surface area (Å²) in [5.41, 5.74) is 4.55. The van der Waals surface area contributed by atoms with Gasteiger partial charge in [-0.1, -0.05) is 60.7 Å². The number of amides is 1. The Bertz CT molecular complexity index is 1180. The fourth-order valence-corrected chi connectivity index (χ4v) is 4.18. The van der Waals surface area contributed by atoms with Gasteiger partial charge in [0.15, 0.2) is 0 Å². The third-order valence-electron chi connectivity index (χ3n) is 5.86. The van der Waals surface area contributed by atoms with Crippen LogP contribution in [0.4, 0.5) is 5.69 Å². The minimum atomic E-state index is -0.0244. The number of aromatic nitrogens is 1.